The van der Waals surface area contributed by atoms with Crippen LogP contribution in [-0.4, -0.2) is 30.4 Å². The van der Waals surface area contributed by atoms with Crippen LogP contribution in [0.2, 0.25) is 5.02 Å². The molecule has 32 heavy (non-hydrogen) atoms. The van der Waals surface area contributed by atoms with E-state index in [9.17, 15) is 14.9 Å². The van der Waals surface area contributed by atoms with Gasteiger partial charge in [0, 0.05) is 13.0 Å². The molecule has 2 unspecified atom stereocenters. The van der Waals surface area contributed by atoms with E-state index < -0.39 is 4.92 Å². The second-order valence-corrected chi connectivity index (χ2v) is 11.2. The number of rotatable bonds is 7. The first-order valence-electron chi connectivity index (χ1n) is 11.1. The lowest BCUT2D eigenvalue weighted by Gasteiger charge is -2.61. The van der Waals surface area contributed by atoms with Gasteiger partial charge in [0.25, 0.3) is 0 Å². The first kappa shape index (κ1) is 21.9. The number of halogens is 2. The minimum absolute atomic E-state index is 0.0228. The second kappa shape index (κ2) is 7.83. The molecule has 0 aromatic carbocycles. The third-order valence-corrected chi connectivity index (χ3v) is 8.52. The number of aryl methyl sites for hydroxylation is 1. The normalized spacial score (nSPS) is 30.6. The lowest BCUT2D eigenvalue weighted by molar-refractivity contribution is -0.390. The van der Waals surface area contributed by atoms with Gasteiger partial charge in [0.1, 0.15) is 4.47 Å². The summed E-state index contributed by atoms with van der Waals surface area (Å²) in [4.78, 5) is 23.9. The SMILES string of the molecule is CCn1ncc(Cl)c1CNC(=O)CC12CC3CC(C1)CC(n1cc(Br)c([N+](=O)[O-])n1)(C3)C2. The van der Waals surface area contributed by atoms with Gasteiger partial charge in [-0.3, -0.25) is 9.48 Å². The van der Waals surface area contributed by atoms with Crippen molar-refractivity contribution in [2.24, 2.45) is 17.3 Å². The van der Waals surface area contributed by atoms with Crippen molar-refractivity contribution in [3.63, 3.8) is 0 Å². The van der Waals surface area contributed by atoms with E-state index in [4.69, 9.17) is 11.6 Å². The topological polar surface area (TPSA) is 108 Å². The molecule has 4 aliphatic rings. The van der Waals surface area contributed by atoms with Crippen LogP contribution in [0, 0.1) is 27.4 Å². The van der Waals surface area contributed by atoms with Crippen molar-refractivity contribution >= 4 is 39.3 Å². The van der Waals surface area contributed by atoms with Gasteiger partial charge in [-0.05, 0) is 83.6 Å². The lowest BCUT2D eigenvalue weighted by Crippen LogP contribution is -2.57. The van der Waals surface area contributed by atoms with E-state index in [-0.39, 0.29) is 22.7 Å². The third kappa shape index (κ3) is 3.65. The molecule has 0 radical (unpaired) electrons. The summed E-state index contributed by atoms with van der Waals surface area (Å²) in [6.07, 6.45) is 9.87. The van der Waals surface area contributed by atoms with Crippen LogP contribution in [0.4, 0.5) is 5.82 Å². The molecule has 4 fully saturated rings. The van der Waals surface area contributed by atoms with Gasteiger partial charge >= 0.3 is 5.82 Å². The monoisotopic (exact) mass is 524 g/mol. The van der Waals surface area contributed by atoms with Gasteiger partial charge in [-0.15, -0.1) is 0 Å². The fraction of sp³-hybridized carbons (Fsp3) is 0.667. The summed E-state index contributed by atoms with van der Waals surface area (Å²) >= 11 is 9.53. The molecule has 172 valence electrons. The Labute approximate surface area is 199 Å². The van der Waals surface area contributed by atoms with Crippen LogP contribution in [-0.2, 0) is 23.4 Å². The summed E-state index contributed by atoms with van der Waals surface area (Å²) in [7, 11) is 0. The molecule has 2 atom stereocenters. The molecule has 0 spiro atoms. The quantitative estimate of drug-likeness (QED) is 0.425. The van der Waals surface area contributed by atoms with Crippen LogP contribution in [0.5, 0.6) is 0 Å². The third-order valence-electron chi connectivity index (χ3n) is 7.65. The Balaban J connectivity index is 1.34. The zero-order valence-electron chi connectivity index (χ0n) is 17.9. The Bertz CT molecular complexity index is 1070. The molecule has 4 saturated carbocycles. The Hall–Kier alpha value is -1.94. The minimum Gasteiger partial charge on any atom is -0.358 e. The number of carbonyl (C=O) groups is 1. The summed E-state index contributed by atoms with van der Waals surface area (Å²) in [5, 5.41) is 23.5. The molecule has 9 nitrogen and oxygen atoms in total. The van der Waals surface area contributed by atoms with Crippen molar-refractivity contribution < 1.29 is 9.72 Å². The number of hydrogen-bond acceptors (Lipinski definition) is 5. The highest BCUT2D eigenvalue weighted by atomic mass is 79.9. The van der Waals surface area contributed by atoms with Crippen molar-refractivity contribution in [1.29, 1.82) is 0 Å². The van der Waals surface area contributed by atoms with E-state index in [2.05, 4.69) is 31.4 Å². The average molecular weight is 526 g/mol. The predicted octanol–water partition coefficient (Wildman–Crippen LogP) is 4.43. The highest BCUT2D eigenvalue weighted by Crippen LogP contribution is 2.65. The van der Waals surface area contributed by atoms with E-state index in [1.807, 2.05) is 11.6 Å². The molecule has 1 N–H and O–H groups in total. The summed E-state index contributed by atoms with van der Waals surface area (Å²) in [6, 6.07) is 0. The zero-order valence-corrected chi connectivity index (χ0v) is 20.2. The molecule has 0 saturated heterocycles. The number of amides is 1. The largest absolute Gasteiger partial charge is 0.404 e. The van der Waals surface area contributed by atoms with Crippen molar-refractivity contribution in [2.75, 3.05) is 0 Å². The Morgan fingerprint density at radius 2 is 2.09 bits per heavy atom. The minimum atomic E-state index is -0.448. The van der Waals surface area contributed by atoms with Gasteiger partial charge in [0.05, 0.1) is 40.3 Å². The van der Waals surface area contributed by atoms with Gasteiger partial charge in [-0.25, -0.2) is 0 Å². The van der Waals surface area contributed by atoms with Gasteiger partial charge in [0.2, 0.25) is 5.91 Å². The lowest BCUT2D eigenvalue weighted by atomic mass is 9.46. The van der Waals surface area contributed by atoms with Gasteiger partial charge < -0.3 is 15.4 Å². The average Bonchev–Trinajstić information content (AvgIpc) is 3.27. The first-order valence-corrected chi connectivity index (χ1v) is 12.3. The smallest absolute Gasteiger partial charge is 0.358 e. The van der Waals surface area contributed by atoms with E-state index in [0.29, 0.717) is 40.8 Å². The Kier molecular flexibility index (Phi) is 5.35. The molecule has 4 bridgehead atoms. The van der Waals surface area contributed by atoms with Crippen LogP contribution >= 0.6 is 27.5 Å². The molecule has 0 aliphatic heterocycles. The van der Waals surface area contributed by atoms with Gasteiger partial charge in [-0.1, -0.05) is 11.6 Å². The maximum Gasteiger partial charge on any atom is 0.404 e. The second-order valence-electron chi connectivity index (χ2n) is 9.90. The van der Waals surface area contributed by atoms with Crippen molar-refractivity contribution in [3.8, 4) is 0 Å². The summed E-state index contributed by atoms with van der Waals surface area (Å²) in [6.45, 7) is 3.04. The zero-order chi connectivity index (χ0) is 22.7. The van der Waals surface area contributed by atoms with E-state index in [1.165, 1.54) is 6.42 Å². The van der Waals surface area contributed by atoms with Gasteiger partial charge in [-0.2, -0.15) is 9.78 Å². The fourth-order valence-electron chi connectivity index (χ4n) is 7.01. The molecule has 2 aromatic heterocycles. The molecule has 11 heteroatoms. The molecule has 6 rings (SSSR count). The number of carbonyl (C=O) groups excluding carboxylic acids is 1. The summed E-state index contributed by atoms with van der Waals surface area (Å²) < 4.78 is 4.04. The van der Waals surface area contributed by atoms with Crippen LogP contribution in [0.1, 0.15) is 57.6 Å². The van der Waals surface area contributed by atoms with Gasteiger partial charge in [0.15, 0.2) is 0 Å². The van der Waals surface area contributed by atoms with E-state index in [1.54, 1.807) is 17.1 Å². The van der Waals surface area contributed by atoms with Crippen LogP contribution in [0.15, 0.2) is 16.9 Å². The number of nitrogens with one attached hydrogen (secondary N) is 1. The van der Waals surface area contributed by atoms with Crippen molar-refractivity contribution in [1.82, 2.24) is 24.9 Å². The maximum absolute atomic E-state index is 13.0. The van der Waals surface area contributed by atoms with Crippen molar-refractivity contribution in [2.45, 2.75) is 70.5 Å². The maximum atomic E-state index is 13.0. The number of nitrogens with zero attached hydrogens (tertiary/aromatic N) is 5. The molecular weight excluding hydrogens is 500 g/mol. The number of hydrogen-bond donors (Lipinski definition) is 1. The van der Waals surface area contributed by atoms with Crippen molar-refractivity contribution in [3.05, 3.63) is 37.7 Å². The Morgan fingerprint density at radius 1 is 1.38 bits per heavy atom. The highest BCUT2D eigenvalue weighted by molar-refractivity contribution is 9.10. The standard InChI is InChI=1S/C21H26BrClN6O3/c1-2-27-17(16(23)9-25-27)10-24-18(30)8-20-4-13-3-14(5-20)7-21(6-13,12-20)28-11-15(22)19(26-28)29(31)32/h9,11,13-14H,2-8,10,12H2,1H3,(H,24,30). The molecule has 2 heterocycles. The molecule has 2 aromatic rings. The van der Waals surface area contributed by atoms with Crippen LogP contribution in [0.3, 0.4) is 0 Å². The fourth-order valence-corrected chi connectivity index (χ4v) is 7.63. The van der Waals surface area contributed by atoms with Crippen LogP contribution < -0.4 is 5.32 Å². The predicted molar refractivity (Wildman–Crippen MR) is 121 cm³/mol. The number of nitro groups is 1. The number of aromatic nitrogens is 4. The van der Waals surface area contributed by atoms with E-state index in [0.717, 1.165) is 37.8 Å². The molecule has 4 aliphatic carbocycles. The molecule has 1 amide bonds. The highest BCUT2D eigenvalue weighted by Gasteiger charge is 2.60. The van der Waals surface area contributed by atoms with Crippen LogP contribution in [0.25, 0.3) is 0 Å². The van der Waals surface area contributed by atoms with E-state index >= 15 is 0 Å². The first-order chi connectivity index (χ1) is 15.2. The Morgan fingerprint density at radius 3 is 2.72 bits per heavy atom. The summed E-state index contributed by atoms with van der Waals surface area (Å²) in [5.41, 5.74) is 0.486. The summed E-state index contributed by atoms with van der Waals surface area (Å²) in [5.74, 6) is 0.940. The molecular formula is C21H26BrClN6O3.